The van der Waals surface area contributed by atoms with Crippen LogP contribution in [0.3, 0.4) is 0 Å². The SMILES string of the molecule is C=C(C)C(=O)Oc1ccc(-c2ccc(-c3ccc(OC(=O)C(=C)C)cc3C3CCC(CCOC(=O)C(=C)COC)CC3)cc2)cc1. The molecule has 1 aliphatic rings. The van der Waals surface area contributed by atoms with Crippen LogP contribution >= 0.6 is 0 Å². The van der Waals surface area contributed by atoms with E-state index in [4.69, 9.17) is 18.9 Å². The standard InChI is InChI=1S/C39H42O7/c1-25(2)37(40)45-33-17-15-30(16-18-33)29-11-13-31(14-12-29)35-20-19-34(46-38(41)26(3)4)23-36(35)32-9-7-28(8-10-32)21-22-44-39(42)27(5)24-43-6/h11-20,23,28,32H,1,3,5,7-10,21-22,24H2,2,4,6H3. The molecule has 0 N–H and O–H groups in total. The third-order valence-corrected chi connectivity index (χ3v) is 8.18. The second-order valence-electron chi connectivity index (χ2n) is 11.9. The number of hydrogen-bond acceptors (Lipinski definition) is 7. The van der Waals surface area contributed by atoms with Gasteiger partial charge in [-0.2, -0.15) is 0 Å². The normalized spacial score (nSPS) is 15.8. The van der Waals surface area contributed by atoms with Gasteiger partial charge in [0.2, 0.25) is 0 Å². The molecule has 46 heavy (non-hydrogen) atoms. The summed E-state index contributed by atoms with van der Waals surface area (Å²) in [6.45, 7) is 14.8. The zero-order valence-corrected chi connectivity index (χ0v) is 26.9. The topological polar surface area (TPSA) is 88.1 Å². The largest absolute Gasteiger partial charge is 0.462 e. The Labute approximate surface area is 271 Å². The van der Waals surface area contributed by atoms with Gasteiger partial charge in [0.25, 0.3) is 0 Å². The number of esters is 3. The Balaban J connectivity index is 1.48. The third kappa shape index (κ3) is 9.14. The molecule has 0 unspecified atom stereocenters. The molecular formula is C39H42O7. The molecule has 0 bridgehead atoms. The molecule has 1 saturated carbocycles. The van der Waals surface area contributed by atoms with E-state index in [2.05, 4.69) is 44.0 Å². The fourth-order valence-electron chi connectivity index (χ4n) is 5.57. The number of carbonyl (C=O) groups is 3. The first-order valence-corrected chi connectivity index (χ1v) is 15.5. The number of methoxy groups -OCH3 is 1. The average molecular weight is 623 g/mol. The number of hydrogen-bond donors (Lipinski definition) is 0. The predicted octanol–water partition coefficient (Wildman–Crippen LogP) is 8.39. The summed E-state index contributed by atoms with van der Waals surface area (Å²) in [5, 5.41) is 0. The van der Waals surface area contributed by atoms with E-state index >= 15 is 0 Å². The average Bonchev–Trinajstić information content (AvgIpc) is 3.05. The molecule has 0 spiro atoms. The van der Waals surface area contributed by atoms with Crippen molar-refractivity contribution in [2.45, 2.75) is 51.9 Å². The van der Waals surface area contributed by atoms with Crippen molar-refractivity contribution < 1.29 is 33.3 Å². The smallest absolute Gasteiger partial charge is 0.338 e. The van der Waals surface area contributed by atoms with Crippen LogP contribution in [0.15, 0.2) is 103 Å². The molecular weight excluding hydrogens is 580 g/mol. The van der Waals surface area contributed by atoms with E-state index in [0.29, 0.717) is 40.7 Å². The van der Waals surface area contributed by atoms with Crippen LogP contribution in [0.5, 0.6) is 11.5 Å². The van der Waals surface area contributed by atoms with Crippen molar-refractivity contribution in [3.8, 4) is 33.8 Å². The number of benzene rings is 3. The third-order valence-electron chi connectivity index (χ3n) is 8.18. The van der Waals surface area contributed by atoms with Gasteiger partial charge in [0, 0.05) is 18.3 Å². The highest BCUT2D eigenvalue weighted by Crippen LogP contribution is 2.42. The lowest BCUT2D eigenvalue weighted by Gasteiger charge is -2.30. The molecule has 240 valence electrons. The van der Waals surface area contributed by atoms with Crippen LogP contribution in [0.1, 0.15) is 57.4 Å². The first-order chi connectivity index (χ1) is 22.0. The maximum Gasteiger partial charge on any atom is 0.338 e. The second kappa shape index (κ2) is 16.0. The van der Waals surface area contributed by atoms with Gasteiger partial charge < -0.3 is 18.9 Å². The number of rotatable bonds is 13. The molecule has 3 aromatic carbocycles. The highest BCUT2D eigenvalue weighted by molar-refractivity contribution is 5.89. The Morgan fingerprint density at radius 1 is 0.696 bits per heavy atom. The molecule has 4 rings (SSSR count). The molecule has 0 aromatic heterocycles. The van der Waals surface area contributed by atoms with Gasteiger partial charge in [0.05, 0.1) is 18.8 Å². The summed E-state index contributed by atoms with van der Waals surface area (Å²) in [6, 6.07) is 21.6. The maximum absolute atomic E-state index is 12.3. The van der Waals surface area contributed by atoms with Gasteiger partial charge in [-0.15, -0.1) is 0 Å². The Kier molecular flexibility index (Phi) is 11.9. The van der Waals surface area contributed by atoms with Crippen molar-refractivity contribution in [1.82, 2.24) is 0 Å². The van der Waals surface area contributed by atoms with Crippen LogP contribution in [0.2, 0.25) is 0 Å². The monoisotopic (exact) mass is 622 g/mol. The molecule has 3 aromatic rings. The quantitative estimate of drug-likeness (QED) is 0.107. The van der Waals surface area contributed by atoms with Gasteiger partial charge in [-0.25, -0.2) is 14.4 Å². The molecule has 7 nitrogen and oxygen atoms in total. The summed E-state index contributed by atoms with van der Waals surface area (Å²) in [5.41, 5.74) is 6.33. The van der Waals surface area contributed by atoms with E-state index < -0.39 is 17.9 Å². The van der Waals surface area contributed by atoms with Gasteiger partial charge in [0.15, 0.2) is 0 Å². The molecule has 1 aliphatic carbocycles. The predicted molar refractivity (Wildman–Crippen MR) is 180 cm³/mol. The summed E-state index contributed by atoms with van der Waals surface area (Å²) >= 11 is 0. The second-order valence-corrected chi connectivity index (χ2v) is 11.9. The lowest BCUT2D eigenvalue weighted by molar-refractivity contribution is -0.140. The van der Waals surface area contributed by atoms with Crippen molar-refractivity contribution in [2.75, 3.05) is 20.3 Å². The minimum atomic E-state index is -0.451. The lowest BCUT2D eigenvalue weighted by atomic mass is 9.76. The van der Waals surface area contributed by atoms with Crippen LogP contribution in [0.4, 0.5) is 0 Å². The Morgan fingerprint density at radius 3 is 1.78 bits per heavy atom. The summed E-state index contributed by atoms with van der Waals surface area (Å²) < 4.78 is 21.3. The number of ether oxygens (including phenoxy) is 4. The summed E-state index contributed by atoms with van der Waals surface area (Å²) in [7, 11) is 1.52. The molecule has 0 heterocycles. The summed E-state index contributed by atoms with van der Waals surface area (Å²) in [5.74, 6) is 0.404. The fourth-order valence-corrected chi connectivity index (χ4v) is 5.57. The van der Waals surface area contributed by atoms with Crippen molar-refractivity contribution in [3.63, 3.8) is 0 Å². The van der Waals surface area contributed by atoms with Crippen molar-refractivity contribution >= 4 is 17.9 Å². The van der Waals surface area contributed by atoms with Gasteiger partial charge in [0.1, 0.15) is 11.5 Å². The Bertz CT molecular complexity index is 1590. The van der Waals surface area contributed by atoms with Crippen molar-refractivity contribution in [1.29, 1.82) is 0 Å². The zero-order chi connectivity index (χ0) is 33.2. The van der Waals surface area contributed by atoms with E-state index in [1.54, 1.807) is 26.0 Å². The first kappa shape index (κ1) is 34.1. The van der Waals surface area contributed by atoms with Gasteiger partial charge in [-0.3, -0.25) is 0 Å². The lowest BCUT2D eigenvalue weighted by Crippen LogP contribution is -2.18. The molecule has 0 aliphatic heterocycles. The van der Waals surface area contributed by atoms with Crippen LogP contribution in [0.25, 0.3) is 22.3 Å². The van der Waals surface area contributed by atoms with Crippen LogP contribution in [0, 0.1) is 5.92 Å². The van der Waals surface area contributed by atoms with Crippen LogP contribution in [-0.4, -0.2) is 38.2 Å². The summed E-state index contributed by atoms with van der Waals surface area (Å²) in [6.07, 6.45) is 4.77. The minimum Gasteiger partial charge on any atom is -0.462 e. The molecule has 0 amide bonds. The van der Waals surface area contributed by atoms with E-state index in [9.17, 15) is 14.4 Å². The first-order valence-electron chi connectivity index (χ1n) is 15.5. The van der Waals surface area contributed by atoms with E-state index in [-0.39, 0.29) is 12.5 Å². The highest BCUT2D eigenvalue weighted by Gasteiger charge is 2.26. The highest BCUT2D eigenvalue weighted by atomic mass is 16.5. The fraction of sp³-hybridized carbons (Fsp3) is 0.308. The van der Waals surface area contributed by atoms with E-state index in [1.165, 1.54) is 7.11 Å². The molecule has 0 atom stereocenters. The van der Waals surface area contributed by atoms with Crippen molar-refractivity contribution in [3.05, 3.63) is 109 Å². The van der Waals surface area contributed by atoms with E-state index in [0.717, 1.165) is 59.9 Å². The molecule has 0 radical (unpaired) electrons. The molecule has 7 heteroatoms. The van der Waals surface area contributed by atoms with E-state index in [1.807, 2.05) is 30.3 Å². The Hall–Kier alpha value is -4.75. The zero-order valence-electron chi connectivity index (χ0n) is 26.9. The summed E-state index contributed by atoms with van der Waals surface area (Å²) in [4.78, 5) is 36.2. The van der Waals surface area contributed by atoms with Crippen molar-refractivity contribution in [2.24, 2.45) is 5.92 Å². The number of carbonyl (C=O) groups excluding carboxylic acids is 3. The van der Waals surface area contributed by atoms with Gasteiger partial charge in [-0.1, -0.05) is 62.2 Å². The van der Waals surface area contributed by atoms with Gasteiger partial charge in [-0.05, 0) is 110 Å². The minimum absolute atomic E-state index is 0.164. The van der Waals surface area contributed by atoms with Crippen LogP contribution < -0.4 is 9.47 Å². The van der Waals surface area contributed by atoms with Crippen LogP contribution in [-0.2, 0) is 23.9 Å². The van der Waals surface area contributed by atoms with Gasteiger partial charge >= 0.3 is 17.9 Å². The maximum atomic E-state index is 12.3. The Morgan fingerprint density at radius 2 is 1.22 bits per heavy atom. The molecule has 1 fully saturated rings. The molecule has 0 saturated heterocycles.